The molecular formula is C21H27N5O2. The third-order valence-corrected chi connectivity index (χ3v) is 4.82. The van der Waals surface area contributed by atoms with Gasteiger partial charge in [0.1, 0.15) is 5.69 Å². The van der Waals surface area contributed by atoms with Crippen LogP contribution >= 0.6 is 0 Å². The molecule has 0 bridgehead atoms. The summed E-state index contributed by atoms with van der Waals surface area (Å²) in [6.45, 7) is 5.81. The summed E-state index contributed by atoms with van der Waals surface area (Å²) in [5.74, 6) is 0.288. The number of nitrogens with one attached hydrogen (secondary N) is 2. The molecular weight excluding hydrogens is 354 g/mol. The number of hydrogen-bond donors (Lipinski definition) is 2. The summed E-state index contributed by atoms with van der Waals surface area (Å²) in [7, 11) is 0. The topological polar surface area (TPSA) is 87.2 Å². The van der Waals surface area contributed by atoms with Crippen LogP contribution in [0.4, 0.5) is 5.69 Å². The minimum absolute atomic E-state index is 0.142. The summed E-state index contributed by atoms with van der Waals surface area (Å²) in [5.41, 5.74) is 2.26. The van der Waals surface area contributed by atoms with Gasteiger partial charge in [0.05, 0.1) is 6.20 Å². The molecule has 0 spiro atoms. The number of hydrogen-bond acceptors (Lipinski definition) is 5. The van der Waals surface area contributed by atoms with Crippen LogP contribution in [0.1, 0.15) is 42.2 Å². The Hall–Kier alpha value is -2.80. The second kappa shape index (κ2) is 9.94. The van der Waals surface area contributed by atoms with E-state index in [1.165, 1.54) is 37.0 Å². The number of aromatic nitrogens is 2. The normalized spacial score (nSPS) is 17.1. The van der Waals surface area contributed by atoms with Gasteiger partial charge >= 0.3 is 0 Å². The van der Waals surface area contributed by atoms with E-state index in [1.54, 1.807) is 0 Å². The molecule has 2 N–H and O–H groups in total. The van der Waals surface area contributed by atoms with Crippen LogP contribution < -0.4 is 10.6 Å². The fraction of sp³-hybridized carbons (Fsp3) is 0.429. The molecule has 7 nitrogen and oxygen atoms in total. The molecule has 1 aliphatic rings. The van der Waals surface area contributed by atoms with Gasteiger partial charge in [-0.15, -0.1) is 0 Å². The van der Waals surface area contributed by atoms with Crippen LogP contribution in [-0.4, -0.2) is 46.3 Å². The fourth-order valence-electron chi connectivity index (χ4n) is 3.40. The van der Waals surface area contributed by atoms with Gasteiger partial charge in [0.25, 0.3) is 5.91 Å². The highest BCUT2D eigenvalue weighted by atomic mass is 16.2. The van der Waals surface area contributed by atoms with Crippen molar-refractivity contribution in [3.05, 3.63) is 54.1 Å². The quantitative estimate of drug-likeness (QED) is 0.769. The number of rotatable bonds is 7. The number of piperidine rings is 1. The summed E-state index contributed by atoms with van der Waals surface area (Å²) in [6, 6.07) is 7.98. The third kappa shape index (κ3) is 6.13. The van der Waals surface area contributed by atoms with Gasteiger partial charge in [-0.3, -0.25) is 19.5 Å². The highest BCUT2D eigenvalue weighted by Gasteiger charge is 2.16. The maximum atomic E-state index is 12.1. The standard InChI is InChI=1S/C21H27N5O2/c1-16-3-2-12-26(14-16)15-17-4-6-18(7-5-17)25-20(27)8-9-24-21(28)19-13-22-10-11-23-19/h4-7,10-11,13,16H,2-3,8-9,12,14-15H2,1H3,(H,24,28)(H,25,27)/t16-/m1/s1. The lowest BCUT2D eigenvalue weighted by molar-refractivity contribution is -0.116. The molecule has 0 saturated carbocycles. The molecule has 1 aliphatic heterocycles. The van der Waals surface area contributed by atoms with Gasteiger partial charge in [-0.05, 0) is 43.0 Å². The Morgan fingerprint density at radius 1 is 1.21 bits per heavy atom. The fourth-order valence-corrected chi connectivity index (χ4v) is 3.40. The van der Waals surface area contributed by atoms with E-state index < -0.39 is 0 Å². The number of likely N-dealkylation sites (tertiary alicyclic amines) is 1. The lowest BCUT2D eigenvalue weighted by atomic mass is 10.00. The highest BCUT2D eigenvalue weighted by molar-refractivity contribution is 5.93. The summed E-state index contributed by atoms with van der Waals surface area (Å²) < 4.78 is 0. The monoisotopic (exact) mass is 381 g/mol. The first-order valence-corrected chi connectivity index (χ1v) is 9.75. The van der Waals surface area contributed by atoms with Gasteiger partial charge in [-0.25, -0.2) is 4.98 Å². The van der Waals surface area contributed by atoms with E-state index in [4.69, 9.17) is 0 Å². The predicted octanol–water partition coefficient (Wildman–Crippen LogP) is 2.47. The van der Waals surface area contributed by atoms with Crippen LogP contribution in [-0.2, 0) is 11.3 Å². The molecule has 1 atom stereocenters. The number of carbonyl (C=O) groups excluding carboxylic acids is 2. The Balaban J connectivity index is 1.40. The van der Waals surface area contributed by atoms with E-state index >= 15 is 0 Å². The number of anilines is 1. The number of benzene rings is 1. The number of amides is 2. The molecule has 1 saturated heterocycles. The van der Waals surface area contributed by atoms with Gasteiger partial charge in [0.2, 0.25) is 5.91 Å². The van der Waals surface area contributed by atoms with Gasteiger partial charge in [-0.2, -0.15) is 0 Å². The van der Waals surface area contributed by atoms with Crippen molar-refractivity contribution < 1.29 is 9.59 Å². The zero-order chi connectivity index (χ0) is 19.8. The Labute approximate surface area is 165 Å². The first-order chi connectivity index (χ1) is 13.6. The van der Waals surface area contributed by atoms with E-state index in [0.29, 0.717) is 0 Å². The molecule has 7 heteroatoms. The van der Waals surface area contributed by atoms with E-state index in [9.17, 15) is 9.59 Å². The average Bonchev–Trinajstić information content (AvgIpc) is 2.70. The van der Waals surface area contributed by atoms with E-state index in [2.05, 4.69) is 44.6 Å². The van der Waals surface area contributed by atoms with Crippen LogP contribution in [0.15, 0.2) is 42.9 Å². The van der Waals surface area contributed by atoms with Crippen LogP contribution in [0.2, 0.25) is 0 Å². The Kier molecular flexibility index (Phi) is 7.08. The summed E-state index contributed by atoms with van der Waals surface area (Å²) in [4.78, 5) is 34.2. The molecule has 0 unspecified atom stereocenters. The third-order valence-electron chi connectivity index (χ3n) is 4.82. The molecule has 1 aromatic heterocycles. The first-order valence-electron chi connectivity index (χ1n) is 9.75. The van der Waals surface area contributed by atoms with Crippen molar-refractivity contribution in [2.45, 2.75) is 32.7 Å². The second-order valence-electron chi connectivity index (χ2n) is 7.32. The van der Waals surface area contributed by atoms with Crippen LogP contribution in [0.3, 0.4) is 0 Å². The van der Waals surface area contributed by atoms with E-state index in [0.717, 1.165) is 31.2 Å². The van der Waals surface area contributed by atoms with Gasteiger partial charge in [-0.1, -0.05) is 19.1 Å². The molecule has 2 heterocycles. The smallest absolute Gasteiger partial charge is 0.271 e. The molecule has 28 heavy (non-hydrogen) atoms. The van der Waals surface area contributed by atoms with Crippen molar-refractivity contribution in [2.24, 2.45) is 5.92 Å². The maximum Gasteiger partial charge on any atom is 0.271 e. The molecule has 2 aromatic rings. The number of nitrogens with zero attached hydrogens (tertiary/aromatic N) is 3. The lowest BCUT2D eigenvalue weighted by Crippen LogP contribution is -2.33. The SMILES string of the molecule is C[C@@H]1CCCN(Cc2ccc(NC(=O)CCNC(=O)c3cnccn3)cc2)C1. The average molecular weight is 381 g/mol. The molecule has 148 valence electrons. The molecule has 0 radical (unpaired) electrons. The second-order valence-corrected chi connectivity index (χ2v) is 7.32. The van der Waals surface area contributed by atoms with Crippen LogP contribution in [0.25, 0.3) is 0 Å². The van der Waals surface area contributed by atoms with Crippen molar-refractivity contribution in [3.8, 4) is 0 Å². The number of carbonyl (C=O) groups is 2. The maximum absolute atomic E-state index is 12.1. The zero-order valence-electron chi connectivity index (χ0n) is 16.2. The van der Waals surface area contributed by atoms with Crippen molar-refractivity contribution in [3.63, 3.8) is 0 Å². The van der Waals surface area contributed by atoms with Crippen molar-refractivity contribution in [1.29, 1.82) is 0 Å². The van der Waals surface area contributed by atoms with Crippen molar-refractivity contribution >= 4 is 17.5 Å². The molecule has 2 amide bonds. The Morgan fingerprint density at radius 3 is 2.75 bits per heavy atom. The Bertz CT molecular complexity index is 779. The van der Waals surface area contributed by atoms with Gasteiger partial charge < -0.3 is 10.6 Å². The van der Waals surface area contributed by atoms with Crippen LogP contribution in [0, 0.1) is 5.92 Å². The predicted molar refractivity (Wildman–Crippen MR) is 108 cm³/mol. The first kappa shape index (κ1) is 19.9. The largest absolute Gasteiger partial charge is 0.350 e. The molecule has 0 aliphatic carbocycles. The van der Waals surface area contributed by atoms with Gasteiger partial charge in [0.15, 0.2) is 0 Å². The van der Waals surface area contributed by atoms with Crippen molar-refractivity contribution in [2.75, 3.05) is 25.0 Å². The lowest BCUT2D eigenvalue weighted by Gasteiger charge is -2.30. The molecule has 1 fully saturated rings. The summed E-state index contributed by atoms with van der Waals surface area (Å²) in [5, 5.41) is 5.53. The van der Waals surface area contributed by atoms with Gasteiger partial charge in [0, 0.05) is 44.1 Å². The summed E-state index contributed by atoms with van der Waals surface area (Å²) >= 11 is 0. The minimum atomic E-state index is -0.336. The van der Waals surface area contributed by atoms with Crippen LogP contribution in [0.5, 0.6) is 0 Å². The zero-order valence-corrected chi connectivity index (χ0v) is 16.2. The van der Waals surface area contributed by atoms with E-state index in [-0.39, 0.29) is 30.5 Å². The minimum Gasteiger partial charge on any atom is -0.350 e. The highest BCUT2D eigenvalue weighted by Crippen LogP contribution is 2.18. The van der Waals surface area contributed by atoms with Crippen molar-refractivity contribution in [1.82, 2.24) is 20.2 Å². The molecule has 1 aromatic carbocycles. The molecule has 3 rings (SSSR count). The van der Waals surface area contributed by atoms with E-state index in [1.807, 2.05) is 12.1 Å². The Morgan fingerprint density at radius 2 is 2.04 bits per heavy atom. The summed E-state index contributed by atoms with van der Waals surface area (Å²) in [6.07, 6.45) is 7.13.